The smallest absolute Gasteiger partial charge is 0.418 e. The van der Waals surface area contributed by atoms with Gasteiger partial charge in [0.25, 0.3) is 0 Å². The summed E-state index contributed by atoms with van der Waals surface area (Å²) in [6.45, 7) is 0. The molecule has 0 saturated heterocycles. The van der Waals surface area contributed by atoms with Crippen LogP contribution in [-0.2, 0) is 30.2 Å². The Kier molecular flexibility index (Phi) is 5.94. The van der Waals surface area contributed by atoms with Crippen LogP contribution in [0.5, 0.6) is 5.75 Å². The molecule has 0 aliphatic heterocycles. The molecule has 1 heterocycles. The monoisotopic (exact) mass is 406 g/mol. The molecule has 8 heteroatoms. The van der Waals surface area contributed by atoms with E-state index in [1.165, 1.54) is 7.11 Å². The predicted molar refractivity (Wildman–Crippen MR) is 98.4 cm³/mol. The zero-order valence-corrected chi connectivity index (χ0v) is 15.9. The molecule has 0 amide bonds. The number of hydrogen-bond acceptors (Lipinski definition) is 5. The summed E-state index contributed by atoms with van der Waals surface area (Å²) in [6.07, 6.45) is -3.23. The Morgan fingerprint density at radius 1 is 1.32 bits per heavy atom. The molecule has 0 saturated carbocycles. The number of carbonyl (C=O) groups is 1. The number of methoxy groups -OCH3 is 1. The molecular formula is C20H17F3N2O2S. The van der Waals surface area contributed by atoms with Crippen LogP contribution >= 0.6 is 11.8 Å². The zero-order chi connectivity index (χ0) is 20.3. The van der Waals surface area contributed by atoms with Crippen LogP contribution in [0, 0.1) is 11.3 Å². The zero-order valence-electron chi connectivity index (χ0n) is 15.1. The van der Waals surface area contributed by atoms with Gasteiger partial charge in [0, 0.05) is 17.7 Å². The summed E-state index contributed by atoms with van der Waals surface area (Å²) in [5.74, 6) is 0.318. The molecule has 1 aromatic heterocycles. The van der Waals surface area contributed by atoms with Gasteiger partial charge in [0.2, 0.25) is 0 Å². The van der Waals surface area contributed by atoms with E-state index in [0.29, 0.717) is 29.8 Å². The maximum atomic E-state index is 13.6. The van der Waals surface area contributed by atoms with Crippen LogP contribution in [0.2, 0.25) is 0 Å². The van der Waals surface area contributed by atoms with E-state index in [-0.39, 0.29) is 35.0 Å². The number of alkyl halides is 3. The van der Waals surface area contributed by atoms with Gasteiger partial charge in [-0.05, 0) is 30.9 Å². The Morgan fingerprint density at radius 2 is 2.07 bits per heavy atom. The molecule has 1 aliphatic carbocycles. The van der Waals surface area contributed by atoms with Crippen LogP contribution < -0.4 is 4.74 Å². The van der Waals surface area contributed by atoms with Crippen LogP contribution in [0.15, 0.2) is 29.3 Å². The molecule has 4 nitrogen and oxygen atoms in total. The second kappa shape index (κ2) is 8.23. The second-order valence-corrected chi connectivity index (χ2v) is 7.34. The fourth-order valence-electron chi connectivity index (χ4n) is 3.34. The summed E-state index contributed by atoms with van der Waals surface area (Å²) >= 11 is 0.885. The molecule has 0 bridgehead atoms. The van der Waals surface area contributed by atoms with Crippen LogP contribution in [0.1, 0.15) is 34.4 Å². The number of thioether (sulfide) groups is 1. The van der Waals surface area contributed by atoms with Gasteiger partial charge in [-0.1, -0.05) is 30.0 Å². The van der Waals surface area contributed by atoms with Gasteiger partial charge in [-0.2, -0.15) is 18.4 Å². The third kappa shape index (κ3) is 4.14. The number of ketones is 1. The van der Waals surface area contributed by atoms with Gasteiger partial charge >= 0.3 is 6.18 Å². The number of halogens is 3. The molecule has 2 aromatic rings. The number of pyridine rings is 1. The Balaban J connectivity index is 1.83. The summed E-state index contributed by atoms with van der Waals surface area (Å²) in [5.41, 5.74) is -0.172. The maximum Gasteiger partial charge on any atom is 0.418 e. The van der Waals surface area contributed by atoms with Gasteiger partial charge in [-0.3, -0.25) is 4.79 Å². The Labute approximate surface area is 164 Å². The minimum atomic E-state index is -4.63. The van der Waals surface area contributed by atoms with Gasteiger partial charge in [0.15, 0.2) is 0 Å². The number of hydrogen-bond donors (Lipinski definition) is 0. The fraction of sp³-hybridized carbons (Fsp3) is 0.350. The van der Waals surface area contributed by atoms with Crippen molar-refractivity contribution in [1.29, 1.82) is 5.26 Å². The maximum absolute atomic E-state index is 13.6. The molecule has 0 N–H and O–H groups in total. The van der Waals surface area contributed by atoms with Gasteiger partial charge < -0.3 is 4.74 Å². The summed E-state index contributed by atoms with van der Waals surface area (Å²) in [4.78, 5) is 16.6. The summed E-state index contributed by atoms with van der Waals surface area (Å²) < 4.78 is 45.9. The Bertz CT molecular complexity index is 952. The van der Waals surface area contributed by atoms with E-state index in [1.54, 1.807) is 30.3 Å². The minimum Gasteiger partial charge on any atom is -0.496 e. The summed E-state index contributed by atoms with van der Waals surface area (Å²) in [6, 6.07) is 8.72. The number of benzene rings is 1. The number of fused-ring (bicyclic) bond motifs is 1. The van der Waals surface area contributed by atoms with Crippen molar-refractivity contribution in [3.05, 3.63) is 52.2 Å². The third-order valence-electron chi connectivity index (χ3n) is 4.54. The van der Waals surface area contributed by atoms with Crippen molar-refractivity contribution in [2.24, 2.45) is 0 Å². The second-order valence-electron chi connectivity index (χ2n) is 6.37. The van der Waals surface area contributed by atoms with E-state index in [9.17, 15) is 23.2 Å². The quantitative estimate of drug-likeness (QED) is 0.667. The Morgan fingerprint density at radius 3 is 2.75 bits per heavy atom. The molecule has 0 fully saturated rings. The van der Waals surface area contributed by atoms with Crippen molar-refractivity contribution in [3.63, 3.8) is 0 Å². The predicted octanol–water partition coefficient (Wildman–Crippen LogP) is 4.37. The molecule has 28 heavy (non-hydrogen) atoms. The SMILES string of the molecule is COc1ccccc1CC(=O)CSc1nc2c(c(C(F)(F)F)c1C#N)CCC2. The lowest BCUT2D eigenvalue weighted by Crippen LogP contribution is -2.15. The van der Waals surface area contributed by atoms with Crippen molar-refractivity contribution >= 4 is 17.5 Å². The van der Waals surface area contributed by atoms with E-state index in [4.69, 9.17) is 4.74 Å². The number of nitriles is 1. The molecule has 1 aromatic carbocycles. The number of aryl methyl sites for hydroxylation is 1. The number of para-hydroxylation sites is 1. The standard InChI is InChI=1S/C20H17F3N2O2S/c1-27-17-8-3-2-5-12(17)9-13(26)11-28-19-15(10-24)18(20(21,22)23)14-6-4-7-16(14)25-19/h2-3,5,8H,4,6-7,9,11H2,1H3. The highest BCUT2D eigenvalue weighted by atomic mass is 32.2. The van der Waals surface area contributed by atoms with Crippen molar-refractivity contribution < 1.29 is 22.7 Å². The van der Waals surface area contributed by atoms with E-state index >= 15 is 0 Å². The van der Waals surface area contributed by atoms with E-state index in [1.807, 2.05) is 0 Å². The largest absolute Gasteiger partial charge is 0.496 e. The minimum absolute atomic E-state index is 0.0242. The normalized spacial score (nSPS) is 13.1. The van der Waals surface area contributed by atoms with E-state index in [0.717, 1.165) is 11.8 Å². The van der Waals surface area contributed by atoms with Crippen LogP contribution in [-0.4, -0.2) is 23.6 Å². The molecule has 146 valence electrons. The van der Waals surface area contributed by atoms with Gasteiger partial charge in [-0.15, -0.1) is 0 Å². The first kappa shape index (κ1) is 20.2. The van der Waals surface area contributed by atoms with Crippen LogP contribution in [0.25, 0.3) is 0 Å². The van der Waals surface area contributed by atoms with Crippen molar-refractivity contribution in [1.82, 2.24) is 4.98 Å². The van der Waals surface area contributed by atoms with Crippen molar-refractivity contribution in [3.8, 4) is 11.8 Å². The van der Waals surface area contributed by atoms with Crippen molar-refractivity contribution in [2.45, 2.75) is 36.9 Å². The van der Waals surface area contributed by atoms with E-state index < -0.39 is 17.3 Å². The number of carbonyl (C=O) groups excluding carboxylic acids is 1. The number of aromatic nitrogens is 1. The van der Waals surface area contributed by atoms with Gasteiger partial charge in [0.05, 0.1) is 24.0 Å². The third-order valence-corrected chi connectivity index (χ3v) is 5.57. The molecular weight excluding hydrogens is 389 g/mol. The van der Waals surface area contributed by atoms with Crippen LogP contribution in [0.3, 0.4) is 0 Å². The first-order valence-corrected chi connectivity index (χ1v) is 9.63. The number of Topliss-reactive ketones (excluding diaryl/α,β-unsaturated/α-hetero) is 1. The highest BCUT2D eigenvalue weighted by molar-refractivity contribution is 8.00. The highest BCUT2D eigenvalue weighted by Crippen LogP contribution is 2.41. The van der Waals surface area contributed by atoms with Gasteiger partial charge in [-0.25, -0.2) is 4.98 Å². The summed E-state index contributed by atoms with van der Waals surface area (Å²) in [7, 11) is 1.50. The van der Waals surface area contributed by atoms with E-state index in [2.05, 4.69) is 4.98 Å². The first-order chi connectivity index (χ1) is 13.3. The highest BCUT2D eigenvalue weighted by Gasteiger charge is 2.40. The molecule has 0 unspecified atom stereocenters. The molecule has 1 aliphatic rings. The van der Waals surface area contributed by atoms with Crippen molar-refractivity contribution in [2.75, 3.05) is 12.9 Å². The lowest BCUT2D eigenvalue weighted by Gasteiger charge is -2.16. The van der Waals surface area contributed by atoms with Gasteiger partial charge in [0.1, 0.15) is 22.6 Å². The Hall–Kier alpha value is -2.53. The fourth-order valence-corrected chi connectivity index (χ4v) is 4.21. The first-order valence-electron chi connectivity index (χ1n) is 8.64. The molecule has 3 rings (SSSR count). The number of nitrogens with zero attached hydrogens (tertiary/aromatic N) is 2. The lowest BCUT2D eigenvalue weighted by atomic mass is 10.0. The topological polar surface area (TPSA) is 63.0 Å². The van der Waals surface area contributed by atoms with Crippen LogP contribution in [0.4, 0.5) is 13.2 Å². The number of rotatable bonds is 6. The summed E-state index contributed by atoms with van der Waals surface area (Å²) in [5, 5.41) is 9.33. The average molecular weight is 406 g/mol. The lowest BCUT2D eigenvalue weighted by molar-refractivity contribution is -0.138. The number of ether oxygens (including phenoxy) is 1. The average Bonchev–Trinajstić information content (AvgIpc) is 3.12. The molecule has 0 atom stereocenters. The molecule has 0 spiro atoms. The molecule has 0 radical (unpaired) electrons.